The number of rotatable bonds is 7. The van der Waals surface area contributed by atoms with Crippen molar-refractivity contribution in [2.45, 2.75) is 34.1 Å². The highest BCUT2D eigenvalue weighted by Gasteiger charge is 2.31. The van der Waals surface area contributed by atoms with E-state index in [4.69, 9.17) is 5.41 Å². The molecule has 0 saturated heterocycles. The topological polar surface area (TPSA) is 95.0 Å². The van der Waals surface area contributed by atoms with Gasteiger partial charge in [-0.2, -0.15) is 0 Å². The Morgan fingerprint density at radius 3 is 2.31 bits per heavy atom. The third-order valence-corrected chi connectivity index (χ3v) is 4.54. The number of anilines is 4. The first-order valence-electron chi connectivity index (χ1n) is 9.67. The summed E-state index contributed by atoms with van der Waals surface area (Å²) in [5.74, 6) is 0.0726. The maximum Gasteiger partial charge on any atom is 0.573 e. The Bertz CT molecular complexity index is 1110. The normalized spacial score (nSPS) is 11.1. The minimum atomic E-state index is -4.75. The molecule has 0 amide bonds. The second-order valence-corrected chi connectivity index (χ2v) is 7.20. The summed E-state index contributed by atoms with van der Waals surface area (Å²) in [7, 11) is 0. The second-order valence-electron chi connectivity index (χ2n) is 7.20. The van der Waals surface area contributed by atoms with Gasteiger partial charge in [0.05, 0.1) is 22.6 Å². The third-order valence-electron chi connectivity index (χ3n) is 4.54. The molecule has 0 aliphatic rings. The fourth-order valence-corrected chi connectivity index (χ4v) is 3.13. The first-order chi connectivity index (χ1) is 15.0. The number of benzene rings is 1. The van der Waals surface area contributed by atoms with Crippen LogP contribution in [0.15, 0.2) is 42.6 Å². The number of nitrogens with one attached hydrogen (secondary N) is 4. The van der Waals surface area contributed by atoms with Crippen molar-refractivity contribution in [3.05, 3.63) is 65.1 Å². The number of pyridine rings is 2. The molecule has 0 radical (unpaired) electrons. The number of ether oxygens (including phenoxy) is 1. The molecule has 0 atom stereocenters. The van der Waals surface area contributed by atoms with E-state index in [2.05, 4.69) is 30.9 Å². The highest BCUT2D eigenvalue weighted by atomic mass is 19.4. The summed E-state index contributed by atoms with van der Waals surface area (Å²) >= 11 is 0. The number of nitrogens with zero attached hydrogens (tertiary/aromatic N) is 2. The lowest BCUT2D eigenvalue weighted by Crippen LogP contribution is -2.17. The van der Waals surface area contributed by atoms with Gasteiger partial charge >= 0.3 is 6.36 Å². The van der Waals surface area contributed by atoms with Crippen molar-refractivity contribution in [2.75, 3.05) is 16.2 Å². The maximum atomic E-state index is 12.4. The van der Waals surface area contributed by atoms with Gasteiger partial charge in [-0.15, -0.1) is 13.2 Å². The predicted molar refractivity (Wildman–Crippen MR) is 119 cm³/mol. The molecule has 10 heteroatoms. The molecule has 0 unspecified atom stereocenters. The fourth-order valence-electron chi connectivity index (χ4n) is 3.13. The van der Waals surface area contributed by atoms with Crippen LogP contribution in [-0.4, -0.2) is 22.0 Å². The van der Waals surface area contributed by atoms with Crippen molar-refractivity contribution in [3.63, 3.8) is 0 Å². The van der Waals surface area contributed by atoms with E-state index in [1.807, 2.05) is 19.9 Å². The molecular formula is C22H23F3N6O. The van der Waals surface area contributed by atoms with Gasteiger partial charge in [0.1, 0.15) is 11.6 Å². The van der Waals surface area contributed by atoms with Gasteiger partial charge in [0.2, 0.25) is 0 Å². The van der Waals surface area contributed by atoms with Gasteiger partial charge < -0.3 is 15.5 Å². The van der Waals surface area contributed by atoms with E-state index in [-0.39, 0.29) is 11.5 Å². The number of hydrogen-bond acceptors (Lipinski definition) is 7. The van der Waals surface area contributed by atoms with E-state index in [1.54, 1.807) is 26.1 Å². The third kappa shape index (κ3) is 5.65. The summed E-state index contributed by atoms with van der Waals surface area (Å²) in [5, 5.41) is 11.3. The molecule has 2 heterocycles. The van der Waals surface area contributed by atoms with Crippen LogP contribution in [0, 0.1) is 26.2 Å². The number of aromatic nitrogens is 2. The quantitative estimate of drug-likeness (QED) is 0.269. The van der Waals surface area contributed by atoms with Crippen molar-refractivity contribution in [1.82, 2.24) is 9.97 Å². The van der Waals surface area contributed by atoms with Gasteiger partial charge in [-0.3, -0.25) is 15.8 Å². The molecule has 1 aromatic carbocycles. The minimum Gasteiger partial charge on any atom is -0.406 e. The molecule has 0 saturated carbocycles. The number of hydrogen-bond donors (Lipinski definition) is 4. The smallest absolute Gasteiger partial charge is 0.406 e. The van der Waals surface area contributed by atoms with Crippen LogP contribution in [0.4, 0.5) is 36.1 Å². The SMILES string of the molecule is CC(=N)c1c(NNc2c(C)ccnc2C)cc(C)nc1Nc1ccc(OC(F)(F)F)cc1. The molecule has 3 aromatic rings. The number of halogens is 3. The average Bonchev–Trinajstić information content (AvgIpc) is 2.67. The van der Waals surface area contributed by atoms with E-state index >= 15 is 0 Å². The predicted octanol–water partition coefficient (Wildman–Crippen LogP) is 5.87. The maximum absolute atomic E-state index is 12.4. The van der Waals surface area contributed by atoms with E-state index < -0.39 is 6.36 Å². The van der Waals surface area contributed by atoms with Crippen molar-refractivity contribution in [3.8, 4) is 5.75 Å². The minimum absolute atomic E-state index is 0.251. The van der Waals surface area contributed by atoms with Crippen LogP contribution in [-0.2, 0) is 0 Å². The molecule has 7 nitrogen and oxygen atoms in total. The van der Waals surface area contributed by atoms with E-state index in [9.17, 15) is 13.2 Å². The van der Waals surface area contributed by atoms with Crippen molar-refractivity contribution < 1.29 is 17.9 Å². The molecule has 32 heavy (non-hydrogen) atoms. The van der Waals surface area contributed by atoms with Crippen LogP contribution in [0.1, 0.15) is 29.4 Å². The van der Waals surface area contributed by atoms with E-state index in [1.165, 1.54) is 24.3 Å². The van der Waals surface area contributed by atoms with Gasteiger partial charge in [-0.05, 0) is 69.7 Å². The molecular weight excluding hydrogens is 421 g/mol. The Hall–Kier alpha value is -3.82. The zero-order valence-corrected chi connectivity index (χ0v) is 18.0. The Labute approximate surface area is 183 Å². The van der Waals surface area contributed by atoms with Crippen LogP contribution < -0.4 is 20.9 Å². The van der Waals surface area contributed by atoms with Gasteiger partial charge in [0.15, 0.2) is 0 Å². The first-order valence-corrected chi connectivity index (χ1v) is 9.67. The monoisotopic (exact) mass is 444 g/mol. The lowest BCUT2D eigenvalue weighted by Gasteiger charge is -2.19. The molecule has 0 aliphatic heterocycles. The summed E-state index contributed by atoms with van der Waals surface area (Å²) in [6, 6.07) is 8.99. The van der Waals surface area contributed by atoms with Crippen molar-refractivity contribution in [1.29, 1.82) is 5.41 Å². The summed E-state index contributed by atoms with van der Waals surface area (Å²) in [4.78, 5) is 8.76. The largest absolute Gasteiger partial charge is 0.573 e. The zero-order valence-electron chi connectivity index (χ0n) is 18.0. The summed E-state index contributed by atoms with van der Waals surface area (Å²) < 4.78 is 41.0. The Kier molecular flexibility index (Phi) is 6.52. The van der Waals surface area contributed by atoms with Gasteiger partial charge in [-0.25, -0.2) is 4.98 Å². The summed E-state index contributed by atoms with van der Waals surface area (Å²) in [6.07, 6.45) is -3.03. The van der Waals surface area contributed by atoms with Gasteiger partial charge in [-0.1, -0.05) is 0 Å². The lowest BCUT2D eigenvalue weighted by molar-refractivity contribution is -0.274. The molecule has 3 rings (SSSR count). The standard InChI is InChI=1S/C22H23F3N6O/c1-12-9-10-27-15(4)20(12)31-30-18-11-13(2)28-21(19(18)14(3)26)29-16-5-7-17(8-6-16)32-22(23,24)25/h5-11,26,31H,1-4H3,(H2,28,29,30). The first kappa shape index (κ1) is 22.9. The van der Waals surface area contributed by atoms with Gasteiger partial charge in [0.25, 0.3) is 0 Å². The van der Waals surface area contributed by atoms with Crippen LogP contribution >= 0.6 is 0 Å². The number of aryl methyl sites for hydroxylation is 3. The molecule has 168 valence electrons. The fraction of sp³-hybridized carbons (Fsp3) is 0.227. The number of hydrazine groups is 1. The summed E-state index contributed by atoms with van der Waals surface area (Å²) in [5.41, 5.74) is 11.5. The van der Waals surface area contributed by atoms with Crippen LogP contribution in [0.5, 0.6) is 5.75 Å². The van der Waals surface area contributed by atoms with E-state index in [0.717, 1.165) is 16.9 Å². The molecule has 0 spiro atoms. The Morgan fingerprint density at radius 1 is 1.03 bits per heavy atom. The van der Waals surface area contributed by atoms with Crippen molar-refractivity contribution >= 4 is 28.6 Å². The average molecular weight is 444 g/mol. The molecule has 4 N–H and O–H groups in total. The van der Waals surface area contributed by atoms with Crippen LogP contribution in [0.25, 0.3) is 0 Å². The number of alkyl halides is 3. The van der Waals surface area contributed by atoms with Crippen LogP contribution in [0.2, 0.25) is 0 Å². The molecule has 0 bridgehead atoms. The second kappa shape index (κ2) is 9.13. The Balaban J connectivity index is 1.88. The van der Waals surface area contributed by atoms with E-state index in [0.29, 0.717) is 28.5 Å². The highest BCUT2D eigenvalue weighted by molar-refractivity contribution is 6.06. The Morgan fingerprint density at radius 2 is 1.72 bits per heavy atom. The highest BCUT2D eigenvalue weighted by Crippen LogP contribution is 2.30. The summed E-state index contributed by atoms with van der Waals surface area (Å²) in [6.45, 7) is 7.28. The lowest BCUT2D eigenvalue weighted by atomic mass is 10.1. The van der Waals surface area contributed by atoms with Crippen LogP contribution in [0.3, 0.4) is 0 Å². The van der Waals surface area contributed by atoms with Crippen molar-refractivity contribution in [2.24, 2.45) is 0 Å². The molecule has 2 aromatic heterocycles. The molecule has 0 fully saturated rings. The molecule has 0 aliphatic carbocycles. The van der Waals surface area contributed by atoms with Gasteiger partial charge in [0, 0.05) is 23.3 Å². The zero-order chi connectivity index (χ0) is 23.5.